The summed E-state index contributed by atoms with van der Waals surface area (Å²) in [5, 5.41) is 13.1. The molecule has 1 amide bonds. The molecule has 0 bridgehead atoms. The zero-order valence-corrected chi connectivity index (χ0v) is 17.5. The molecule has 7 nitrogen and oxygen atoms in total. The van der Waals surface area contributed by atoms with Gasteiger partial charge in [0.25, 0.3) is 11.5 Å². The van der Waals surface area contributed by atoms with Crippen LogP contribution in [-0.4, -0.2) is 32.6 Å². The molecule has 30 heavy (non-hydrogen) atoms. The lowest BCUT2D eigenvalue weighted by atomic mass is 10.0. The highest BCUT2D eigenvalue weighted by molar-refractivity contribution is 5.96. The van der Waals surface area contributed by atoms with Gasteiger partial charge in [0.1, 0.15) is 11.6 Å². The molecule has 0 aliphatic heterocycles. The molecular weight excluding hydrogens is 382 g/mol. The van der Waals surface area contributed by atoms with Crippen molar-refractivity contribution < 1.29 is 14.7 Å². The van der Waals surface area contributed by atoms with Gasteiger partial charge in [-0.1, -0.05) is 31.5 Å². The van der Waals surface area contributed by atoms with Crippen LogP contribution in [0.5, 0.6) is 0 Å². The third-order valence-electron chi connectivity index (χ3n) is 5.49. The predicted octanol–water partition coefficient (Wildman–Crippen LogP) is 3.17. The van der Waals surface area contributed by atoms with Crippen LogP contribution in [0.3, 0.4) is 0 Å². The van der Waals surface area contributed by atoms with E-state index >= 15 is 0 Å². The number of carboxylic acids is 1. The molecule has 3 aromatic rings. The zero-order valence-electron chi connectivity index (χ0n) is 17.5. The Kier molecular flexibility index (Phi) is 6.40. The highest BCUT2D eigenvalue weighted by atomic mass is 16.4. The van der Waals surface area contributed by atoms with E-state index in [9.17, 15) is 19.5 Å². The molecule has 3 rings (SSSR count). The second kappa shape index (κ2) is 8.98. The number of benzene rings is 1. The van der Waals surface area contributed by atoms with Gasteiger partial charge in [-0.05, 0) is 43.5 Å². The summed E-state index contributed by atoms with van der Waals surface area (Å²) in [7, 11) is 0. The van der Waals surface area contributed by atoms with Crippen LogP contribution in [0.25, 0.3) is 10.9 Å². The normalized spacial score (nSPS) is 12.1. The summed E-state index contributed by atoms with van der Waals surface area (Å²) in [6, 6.07) is 7.96. The summed E-state index contributed by atoms with van der Waals surface area (Å²) in [6.07, 6.45) is 3.61. The van der Waals surface area contributed by atoms with Gasteiger partial charge in [0.2, 0.25) is 0 Å². The van der Waals surface area contributed by atoms with E-state index in [1.165, 1.54) is 0 Å². The monoisotopic (exact) mass is 409 g/mol. The third-order valence-corrected chi connectivity index (χ3v) is 5.49. The Morgan fingerprint density at radius 3 is 2.67 bits per heavy atom. The Balaban J connectivity index is 1.88. The van der Waals surface area contributed by atoms with Crippen LogP contribution < -0.4 is 10.9 Å². The van der Waals surface area contributed by atoms with Crippen LogP contribution in [0.15, 0.2) is 41.3 Å². The summed E-state index contributed by atoms with van der Waals surface area (Å²) in [5.41, 5.74) is 2.91. The van der Waals surface area contributed by atoms with E-state index in [4.69, 9.17) is 0 Å². The molecule has 2 aromatic heterocycles. The number of aromatic nitrogens is 2. The molecular formula is C23H27N3O4. The van der Waals surface area contributed by atoms with Crippen molar-refractivity contribution in [2.45, 2.75) is 52.6 Å². The molecule has 1 atom stereocenters. The minimum atomic E-state index is -1.15. The van der Waals surface area contributed by atoms with Crippen LogP contribution in [-0.2, 0) is 17.8 Å². The summed E-state index contributed by atoms with van der Waals surface area (Å²) < 4.78 is 1.60. The number of aryl methyl sites for hydroxylation is 1. The first-order valence-corrected chi connectivity index (χ1v) is 10.1. The van der Waals surface area contributed by atoms with Gasteiger partial charge >= 0.3 is 5.97 Å². The first kappa shape index (κ1) is 21.4. The molecule has 0 aliphatic rings. The van der Waals surface area contributed by atoms with Gasteiger partial charge in [-0.3, -0.25) is 9.59 Å². The number of pyridine rings is 1. The van der Waals surface area contributed by atoms with E-state index in [0.717, 1.165) is 40.6 Å². The molecule has 0 spiro atoms. The SMILES string of the molecule is CCCCn1c(C)c(C)cc(C(=O)N[C@@H](Cc2c[nH]c3ccccc23)C(=O)O)c1=O. The number of fused-ring (bicyclic) bond motifs is 1. The molecule has 0 radical (unpaired) electrons. The number of rotatable bonds is 8. The van der Waals surface area contributed by atoms with E-state index in [-0.39, 0.29) is 17.5 Å². The summed E-state index contributed by atoms with van der Waals surface area (Å²) in [5.74, 6) is -1.82. The topological polar surface area (TPSA) is 104 Å². The number of nitrogens with zero attached hydrogens (tertiary/aromatic N) is 1. The average Bonchev–Trinajstić information content (AvgIpc) is 3.13. The second-order valence-electron chi connectivity index (χ2n) is 7.56. The fourth-order valence-electron chi connectivity index (χ4n) is 3.60. The average molecular weight is 409 g/mol. The number of carbonyl (C=O) groups excluding carboxylic acids is 1. The molecule has 0 saturated heterocycles. The number of nitrogens with one attached hydrogen (secondary N) is 2. The van der Waals surface area contributed by atoms with Gasteiger partial charge in [-0.25, -0.2) is 4.79 Å². The van der Waals surface area contributed by atoms with Gasteiger partial charge in [0.05, 0.1) is 0 Å². The van der Waals surface area contributed by atoms with Crippen molar-refractivity contribution in [1.82, 2.24) is 14.9 Å². The van der Waals surface area contributed by atoms with Crippen molar-refractivity contribution >= 4 is 22.8 Å². The lowest BCUT2D eigenvalue weighted by Gasteiger charge is -2.17. The zero-order chi connectivity index (χ0) is 21.8. The number of aliphatic carboxylic acids is 1. The maximum absolute atomic E-state index is 12.9. The van der Waals surface area contributed by atoms with Crippen LogP contribution in [0, 0.1) is 13.8 Å². The number of H-pyrrole nitrogens is 1. The van der Waals surface area contributed by atoms with Crippen LogP contribution in [0.1, 0.15) is 46.9 Å². The predicted molar refractivity (Wildman–Crippen MR) is 116 cm³/mol. The first-order chi connectivity index (χ1) is 14.3. The number of para-hydroxylation sites is 1. The lowest BCUT2D eigenvalue weighted by molar-refractivity contribution is -0.139. The van der Waals surface area contributed by atoms with Crippen LogP contribution in [0.2, 0.25) is 0 Å². The van der Waals surface area contributed by atoms with Crippen molar-refractivity contribution in [2.75, 3.05) is 0 Å². The fraction of sp³-hybridized carbons (Fsp3) is 0.348. The number of hydrogen-bond donors (Lipinski definition) is 3. The Bertz CT molecular complexity index is 1140. The number of carboxylic acid groups (broad SMARTS) is 1. The van der Waals surface area contributed by atoms with Gasteiger partial charge in [0.15, 0.2) is 0 Å². The Morgan fingerprint density at radius 2 is 1.97 bits per heavy atom. The third kappa shape index (κ3) is 4.30. The molecule has 1 aromatic carbocycles. The number of hydrogen-bond acceptors (Lipinski definition) is 3. The van der Waals surface area contributed by atoms with Crippen molar-refractivity contribution in [2.24, 2.45) is 0 Å². The maximum atomic E-state index is 12.9. The molecule has 158 valence electrons. The number of unbranched alkanes of at least 4 members (excludes halogenated alkanes) is 1. The van der Waals surface area contributed by atoms with E-state index in [0.29, 0.717) is 6.54 Å². The molecule has 0 aliphatic carbocycles. The quantitative estimate of drug-likeness (QED) is 0.531. The first-order valence-electron chi connectivity index (χ1n) is 10.1. The number of carbonyl (C=O) groups is 2. The molecule has 2 heterocycles. The molecule has 3 N–H and O–H groups in total. The smallest absolute Gasteiger partial charge is 0.326 e. The fourth-order valence-corrected chi connectivity index (χ4v) is 3.60. The Morgan fingerprint density at radius 1 is 1.23 bits per heavy atom. The Labute approximate surface area is 174 Å². The second-order valence-corrected chi connectivity index (χ2v) is 7.56. The standard InChI is InChI=1S/C23H27N3O4/c1-4-5-10-26-15(3)14(2)11-18(22(26)28)21(27)25-20(23(29)30)12-16-13-24-19-9-7-6-8-17(16)19/h6-9,11,13,20,24H,4-5,10,12H2,1-3H3,(H,25,27)(H,29,30)/t20-/m0/s1. The summed E-state index contributed by atoms with van der Waals surface area (Å²) in [4.78, 5) is 40.7. The van der Waals surface area contributed by atoms with Crippen LogP contribution in [0.4, 0.5) is 0 Å². The lowest BCUT2D eigenvalue weighted by Crippen LogP contribution is -2.44. The van der Waals surface area contributed by atoms with Gasteiger partial charge in [0, 0.05) is 35.8 Å². The van der Waals surface area contributed by atoms with E-state index < -0.39 is 17.9 Å². The van der Waals surface area contributed by atoms with Gasteiger partial charge < -0.3 is 20.0 Å². The highest BCUT2D eigenvalue weighted by Gasteiger charge is 2.24. The number of amides is 1. The van der Waals surface area contributed by atoms with E-state index in [1.807, 2.05) is 45.0 Å². The summed E-state index contributed by atoms with van der Waals surface area (Å²) in [6.45, 7) is 6.26. The van der Waals surface area contributed by atoms with Crippen molar-refractivity contribution in [3.05, 3.63) is 69.3 Å². The minimum Gasteiger partial charge on any atom is -0.480 e. The molecule has 0 saturated carbocycles. The van der Waals surface area contributed by atoms with E-state index in [2.05, 4.69) is 10.3 Å². The molecule has 0 fully saturated rings. The largest absolute Gasteiger partial charge is 0.480 e. The number of aromatic amines is 1. The van der Waals surface area contributed by atoms with E-state index in [1.54, 1.807) is 16.8 Å². The maximum Gasteiger partial charge on any atom is 0.326 e. The highest BCUT2D eigenvalue weighted by Crippen LogP contribution is 2.19. The van der Waals surface area contributed by atoms with Crippen molar-refractivity contribution in [1.29, 1.82) is 0 Å². The van der Waals surface area contributed by atoms with Crippen molar-refractivity contribution in [3.63, 3.8) is 0 Å². The summed E-state index contributed by atoms with van der Waals surface area (Å²) >= 11 is 0. The van der Waals surface area contributed by atoms with Crippen LogP contribution >= 0.6 is 0 Å². The van der Waals surface area contributed by atoms with Gasteiger partial charge in [-0.15, -0.1) is 0 Å². The Hall–Kier alpha value is -3.35. The molecule has 7 heteroatoms. The molecule has 0 unspecified atom stereocenters. The van der Waals surface area contributed by atoms with Gasteiger partial charge in [-0.2, -0.15) is 0 Å². The minimum absolute atomic E-state index is 0.0284. The van der Waals surface area contributed by atoms with Crippen molar-refractivity contribution in [3.8, 4) is 0 Å².